The molecule has 8 nitrogen and oxygen atoms in total. The van der Waals surface area contributed by atoms with Crippen molar-refractivity contribution >= 4 is 56.7 Å². The Balaban J connectivity index is 1.68. The Labute approximate surface area is 193 Å². The summed E-state index contributed by atoms with van der Waals surface area (Å²) in [5.41, 5.74) is 3.61. The molecule has 0 unspecified atom stereocenters. The van der Waals surface area contributed by atoms with Crippen LogP contribution in [-0.2, 0) is 9.59 Å². The summed E-state index contributed by atoms with van der Waals surface area (Å²) >= 11 is 8.61. The van der Waals surface area contributed by atoms with Crippen LogP contribution in [0.25, 0.3) is 0 Å². The van der Waals surface area contributed by atoms with Crippen LogP contribution >= 0.6 is 28.1 Å². The second-order valence-electron chi connectivity index (χ2n) is 6.72. The van der Waals surface area contributed by atoms with E-state index in [0.717, 1.165) is 4.47 Å². The lowest BCUT2D eigenvalue weighted by molar-refractivity contribution is -0.130. The van der Waals surface area contributed by atoms with Gasteiger partial charge in [-0.1, -0.05) is 15.9 Å². The van der Waals surface area contributed by atoms with Gasteiger partial charge in [0.25, 0.3) is 11.8 Å². The Morgan fingerprint density at radius 3 is 2.39 bits per heavy atom. The number of hydrogen-bond acceptors (Lipinski definition) is 5. The highest BCUT2D eigenvalue weighted by molar-refractivity contribution is 9.10. The van der Waals surface area contributed by atoms with Gasteiger partial charge in [-0.25, -0.2) is 5.01 Å². The summed E-state index contributed by atoms with van der Waals surface area (Å²) in [4.78, 5) is 39.1. The molecular formula is C21H21BrN4O4S. The molecule has 1 fully saturated rings. The lowest BCUT2D eigenvalue weighted by Crippen LogP contribution is -2.49. The molecule has 0 aliphatic carbocycles. The number of anilines is 1. The summed E-state index contributed by atoms with van der Waals surface area (Å²) in [6, 6.07) is 12.7. The average molecular weight is 505 g/mol. The van der Waals surface area contributed by atoms with Gasteiger partial charge in [0.05, 0.1) is 13.0 Å². The minimum atomic E-state index is -0.945. The summed E-state index contributed by atoms with van der Waals surface area (Å²) in [7, 11) is 1.51. The molecule has 1 aliphatic rings. The van der Waals surface area contributed by atoms with Crippen molar-refractivity contribution in [2.75, 3.05) is 19.0 Å². The predicted molar refractivity (Wildman–Crippen MR) is 123 cm³/mol. The highest BCUT2D eigenvalue weighted by Gasteiger charge is 2.42. The van der Waals surface area contributed by atoms with Crippen LogP contribution in [-0.4, -0.2) is 52.4 Å². The van der Waals surface area contributed by atoms with Crippen LogP contribution in [0, 0.1) is 0 Å². The van der Waals surface area contributed by atoms with Gasteiger partial charge in [-0.15, -0.1) is 0 Å². The maximum atomic E-state index is 12.6. The first-order valence-corrected chi connectivity index (χ1v) is 10.7. The monoisotopic (exact) mass is 504 g/mol. The van der Waals surface area contributed by atoms with Crippen LogP contribution in [0.2, 0.25) is 0 Å². The molecule has 0 saturated carbocycles. The van der Waals surface area contributed by atoms with Crippen LogP contribution < -0.4 is 15.5 Å². The van der Waals surface area contributed by atoms with E-state index in [9.17, 15) is 14.4 Å². The van der Waals surface area contributed by atoms with Gasteiger partial charge in [0.2, 0.25) is 5.91 Å². The second-order valence-corrected chi connectivity index (χ2v) is 8.00. The molecule has 2 aromatic carbocycles. The molecule has 3 amide bonds. The van der Waals surface area contributed by atoms with E-state index in [0.29, 0.717) is 23.6 Å². The van der Waals surface area contributed by atoms with Crippen molar-refractivity contribution in [1.82, 2.24) is 15.3 Å². The SMILES string of the molecule is CCOc1ccc(NC(=O)C[C@H]2C(=O)N(C)C(=S)N2NC(=O)c2ccc(Br)cc2)cc1. The fourth-order valence-corrected chi connectivity index (χ4v) is 3.52. The smallest absolute Gasteiger partial charge is 0.269 e. The Morgan fingerprint density at radius 1 is 1.13 bits per heavy atom. The molecule has 0 radical (unpaired) electrons. The van der Waals surface area contributed by atoms with Crippen molar-refractivity contribution in [3.05, 3.63) is 58.6 Å². The second kappa shape index (κ2) is 9.88. The number of carbonyl (C=O) groups excluding carboxylic acids is 3. The van der Waals surface area contributed by atoms with Gasteiger partial charge in [0.15, 0.2) is 5.11 Å². The number of halogens is 1. The molecule has 1 aliphatic heterocycles. The lowest BCUT2D eigenvalue weighted by Gasteiger charge is -2.24. The molecular weight excluding hydrogens is 484 g/mol. The normalized spacial score (nSPS) is 15.8. The maximum Gasteiger partial charge on any atom is 0.269 e. The number of carbonyl (C=O) groups is 3. The third-order valence-corrected chi connectivity index (χ3v) is 5.58. The topological polar surface area (TPSA) is 91.0 Å². The van der Waals surface area contributed by atoms with Gasteiger partial charge in [0, 0.05) is 22.8 Å². The number of benzene rings is 2. The van der Waals surface area contributed by atoms with E-state index < -0.39 is 11.9 Å². The molecule has 0 bridgehead atoms. The summed E-state index contributed by atoms with van der Waals surface area (Å²) in [5, 5.41) is 4.13. The van der Waals surface area contributed by atoms with Gasteiger partial charge in [-0.05, 0) is 67.7 Å². The molecule has 162 valence electrons. The van der Waals surface area contributed by atoms with Crippen molar-refractivity contribution in [2.24, 2.45) is 0 Å². The fourth-order valence-electron chi connectivity index (χ4n) is 2.99. The summed E-state index contributed by atoms with van der Waals surface area (Å²) in [6.45, 7) is 2.43. The van der Waals surface area contributed by atoms with Crippen LogP contribution in [0.3, 0.4) is 0 Å². The minimum absolute atomic E-state index is 0.120. The van der Waals surface area contributed by atoms with Gasteiger partial charge in [-0.3, -0.25) is 24.7 Å². The molecule has 1 atom stereocenters. The largest absolute Gasteiger partial charge is 0.494 e. The average Bonchev–Trinajstić information content (AvgIpc) is 2.94. The van der Waals surface area contributed by atoms with E-state index in [1.807, 2.05) is 6.92 Å². The minimum Gasteiger partial charge on any atom is -0.494 e. The molecule has 3 rings (SSSR count). The number of nitrogens with one attached hydrogen (secondary N) is 2. The van der Waals surface area contributed by atoms with Gasteiger partial charge >= 0.3 is 0 Å². The number of hydrazine groups is 1. The summed E-state index contributed by atoms with van der Waals surface area (Å²) in [6.07, 6.45) is -0.183. The molecule has 0 aromatic heterocycles. The molecule has 1 heterocycles. The van der Waals surface area contributed by atoms with E-state index in [-0.39, 0.29) is 23.3 Å². The highest BCUT2D eigenvalue weighted by Crippen LogP contribution is 2.20. The molecule has 2 aromatic rings. The van der Waals surface area contributed by atoms with E-state index in [2.05, 4.69) is 26.7 Å². The highest BCUT2D eigenvalue weighted by atomic mass is 79.9. The molecule has 31 heavy (non-hydrogen) atoms. The Hall–Kier alpha value is -2.98. The van der Waals surface area contributed by atoms with Gasteiger partial charge < -0.3 is 10.1 Å². The maximum absolute atomic E-state index is 12.6. The molecule has 0 spiro atoms. The number of ether oxygens (including phenoxy) is 1. The number of likely N-dealkylation sites (N-methyl/N-ethyl adjacent to an activating group) is 1. The summed E-state index contributed by atoms with van der Waals surface area (Å²) in [5.74, 6) is -0.499. The van der Waals surface area contributed by atoms with E-state index in [4.69, 9.17) is 17.0 Å². The fraction of sp³-hybridized carbons (Fsp3) is 0.238. The Morgan fingerprint density at radius 2 is 1.77 bits per heavy atom. The first-order chi connectivity index (χ1) is 14.8. The Kier molecular flexibility index (Phi) is 7.24. The number of hydrogen-bond donors (Lipinski definition) is 2. The van der Waals surface area contributed by atoms with Crippen molar-refractivity contribution in [3.63, 3.8) is 0 Å². The third kappa shape index (κ3) is 5.39. The van der Waals surface area contributed by atoms with Gasteiger partial charge in [0.1, 0.15) is 11.8 Å². The van der Waals surface area contributed by atoms with Crippen LogP contribution in [0.5, 0.6) is 5.75 Å². The number of amides is 3. The van der Waals surface area contributed by atoms with Crippen molar-refractivity contribution in [2.45, 2.75) is 19.4 Å². The quantitative estimate of drug-likeness (QED) is 0.563. The van der Waals surface area contributed by atoms with Crippen LogP contribution in [0.4, 0.5) is 5.69 Å². The first-order valence-electron chi connectivity index (χ1n) is 9.50. The standard InChI is InChI=1S/C21H21BrN4O4S/c1-3-30-16-10-8-15(9-11-16)23-18(27)12-17-20(29)25(2)21(31)26(17)24-19(28)13-4-6-14(22)7-5-13/h4-11,17H,3,12H2,1-2H3,(H,23,27)(H,24,28)/t17-/m0/s1. The van der Waals surface area contributed by atoms with Crippen LogP contribution in [0.15, 0.2) is 53.0 Å². The molecule has 1 saturated heterocycles. The first kappa shape index (κ1) is 22.7. The number of rotatable bonds is 7. The molecule has 10 heteroatoms. The van der Waals surface area contributed by atoms with E-state index in [1.54, 1.807) is 48.5 Å². The zero-order valence-corrected chi connectivity index (χ0v) is 19.3. The molecule has 2 N–H and O–H groups in total. The van der Waals surface area contributed by atoms with Crippen molar-refractivity contribution in [1.29, 1.82) is 0 Å². The number of thiocarbonyl (C=S) groups is 1. The van der Waals surface area contributed by atoms with Crippen molar-refractivity contribution < 1.29 is 19.1 Å². The van der Waals surface area contributed by atoms with E-state index >= 15 is 0 Å². The van der Waals surface area contributed by atoms with Crippen molar-refractivity contribution in [3.8, 4) is 5.75 Å². The zero-order chi connectivity index (χ0) is 22.5. The predicted octanol–water partition coefficient (Wildman–Crippen LogP) is 2.95. The van der Waals surface area contributed by atoms with Crippen LogP contribution in [0.1, 0.15) is 23.7 Å². The zero-order valence-electron chi connectivity index (χ0n) is 16.9. The third-order valence-electron chi connectivity index (χ3n) is 4.58. The summed E-state index contributed by atoms with van der Waals surface area (Å²) < 4.78 is 6.21. The van der Waals surface area contributed by atoms with Gasteiger partial charge in [-0.2, -0.15) is 0 Å². The number of nitrogens with zero attached hydrogens (tertiary/aromatic N) is 2. The van der Waals surface area contributed by atoms with E-state index in [1.165, 1.54) is 17.0 Å². The Bertz CT molecular complexity index is 997. The lowest BCUT2D eigenvalue weighted by atomic mass is 10.2.